The van der Waals surface area contributed by atoms with Crippen LogP contribution in [0.25, 0.3) is 0 Å². The summed E-state index contributed by atoms with van der Waals surface area (Å²) in [5.41, 5.74) is 1.42. The Balaban J connectivity index is 0.000000858. The van der Waals surface area contributed by atoms with Crippen LogP contribution >= 0.6 is 0 Å². The molecule has 0 aliphatic carbocycles. The van der Waals surface area contributed by atoms with Gasteiger partial charge in [-0.3, -0.25) is 14.5 Å². The minimum atomic E-state index is -4.30. The first-order valence-corrected chi connectivity index (χ1v) is 10.0. The van der Waals surface area contributed by atoms with E-state index in [0.29, 0.717) is 18.4 Å². The number of fused-ring (bicyclic) bond motifs is 1. The molecule has 31 heavy (non-hydrogen) atoms. The number of likely N-dealkylation sites (tertiary alicyclic amines) is 2. The van der Waals surface area contributed by atoms with Gasteiger partial charge in [-0.15, -0.1) is 0 Å². The summed E-state index contributed by atoms with van der Waals surface area (Å²) in [6, 6.07) is 15.6. The van der Waals surface area contributed by atoms with Crippen LogP contribution in [0.3, 0.4) is 0 Å². The zero-order valence-corrected chi connectivity index (χ0v) is 17.1. The van der Waals surface area contributed by atoms with E-state index < -0.39 is 11.7 Å². The van der Waals surface area contributed by atoms with Crippen molar-refractivity contribution in [1.29, 1.82) is 0 Å². The molecule has 0 unspecified atom stereocenters. The standard InChI is InChI=1S/C22H23F3N2O.CH2O2/c1-15(28)27-13-18-12-26(11-16-7-9-19(10-8-16)22(23,24)25)14-20(18)21(27)17-5-3-2-4-6-17;2-1-3/h2-10,18,20-21H,11-14H2,1H3;1H,(H,2,3)/t18-,20-,21+;/m1./s1. The van der Waals surface area contributed by atoms with Gasteiger partial charge >= 0.3 is 6.18 Å². The second-order valence-corrected chi connectivity index (χ2v) is 7.95. The molecule has 0 saturated carbocycles. The van der Waals surface area contributed by atoms with Crippen LogP contribution in [-0.2, 0) is 22.3 Å². The third-order valence-electron chi connectivity index (χ3n) is 5.97. The first kappa shape index (κ1) is 22.8. The Morgan fingerprint density at radius 3 is 2.23 bits per heavy atom. The summed E-state index contributed by atoms with van der Waals surface area (Å²) in [5, 5.41) is 6.89. The van der Waals surface area contributed by atoms with Crippen molar-refractivity contribution < 1.29 is 27.9 Å². The van der Waals surface area contributed by atoms with Gasteiger partial charge in [0.1, 0.15) is 0 Å². The van der Waals surface area contributed by atoms with E-state index in [-0.39, 0.29) is 18.4 Å². The average Bonchev–Trinajstić information content (AvgIpc) is 3.26. The Labute approximate surface area is 179 Å². The monoisotopic (exact) mass is 434 g/mol. The highest BCUT2D eigenvalue weighted by molar-refractivity contribution is 5.74. The van der Waals surface area contributed by atoms with Gasteiger partial charge in [-0.2, -0.15) is 13.2 Å². The number of carbonyl (C=O) groups excluding carboxylic acids is 1. The van der Waals surface area contributed by atoms with Crippen LogP contribution in [0.15, 0.2) is 54.6 Å². The molecule has 0 aromatic heterocycles. The van der Waals surface area contributed by atoms with Crippen LogP contribution in [0.4, 0.5) is 13.2 Å². The molecule has 2 saturated heterocycles. The van der Waals surface area contributed by atoms with Crippen LogP contribution in [-0.4, -0.2) is 46.9 Å². The van der Waals surface area contributed by atoms with E-state index >= 15 is 0 Å². The molecule has 5 nitrogen and oxygen atoms in total. The highest BCUT2D eigenvalue weighted by atomic mass is 19.4. The van der Waals surface area contributed by atoms with Crippen molar-refractivity contribution in [2.75, 3.05) is 19.6 Å². The lowest BCUT2D eigenvalue weighted by Crippen LogP contribution is -2.34. The van der Waals surface area contributed by atoms with Crippen molar-refractivity contribution >= 4 is 12.4 Å². The van der Waals surface area contributed by atoms with Gasteiger partial charge in [0.05, 0.1) is 11.6 Å². The number of rotatable bonds is 3. The normalized spacial score (nSPS) is 23.1. The molecule has 2 aliphatic heterocycles. The van der Waals surface area contributed by atoms with E-state index in [4.69, 9.17) is 9.90 Å². The molecular weight excluding hydrogens is 409 g/mol. The molecule has 2 aromatic rings. The first-order chi connectivity index (χ1) is 14.7. The Hall–Kier alpha value is -2.87. The van der Waals surface area contributed by atoms with Crippen LogP contribution in [0, 0.1) is 11.8 Å². The van der Waals surface area contributed by atoms with Crippen LogP contribution in [0.5, 0.6) is 0 Å². The Morgan fingerprint density at radius 1 is 1.06 bits per heavy atom. The smallest absolute Gasteiger partial charge is 0.416 e. The Bertz CT molecular complexity index is 887. The highest BCUT2D eigenvalue weighted by Crippen LogP contribution is 2.45. The third kappa shape index (κ3) is 5.25. The van der Waals surface area contributed by atoms with Crippen molar-refractivity contribution in [3.63, 3.8) is 0 Å². The summed E-state index contributed by atoms with van der Waals surface area (Å²) >= 11 is 0. The molecule has 8 heteroatoms. The molecule has 1 N–H and O–H groups in total. The zero-order valence-electron chi connectivity index (χ0n) is 17.1. The van der Waals surface area contributed by atoms with Gasteiger partial charge in [0.2, 0.25) is 5.91 Å². The van der Waals surface area contributed by atoms with Crippen LogP contribution < -0.4 is 0 Å². The van der Waals surface area contributed by atoms with Gasteiger partial charge in [-0.1, -0.05) is 42.5 Å². The fourth-order valence-electron chi connectivity index (χ4n) is 4.73. The Morgan fingerprint density at radius 2 is 1.68 bits per heavy atom. The lowest BCUT2D eigenvalue weighted by Gasteiger charge is -2.29. The van der Waals surface area contributed by atoms with Gasteiger partial charge in [0.25, 0.3) is 6.47 Å². The molecular formula is C23H25F3N2O3. The number of hydrogen-bond donors (Lipinski definition) is 1. The molecule has 2 fully saturated rings. The fourth-order valence-corrected chi connectivity index (χ4v) is 4.73. The molecule has 2 aromatic carbocycles. The second-order valence-electron chi connectivity index (χ2n) is 7.95. The highest BCUT2D eigenvalue weighted by Gasteiger charge is 2.48. The maximum atomic E-state index is 12.7. The lowest BCUT2D eigenvalue weighted by atomic mass is 9.89. The third-order valence-corrected chi connectivity index (χ3v) is 5.97. The summed E-state index contributed by atoms with van der Waals surface area (Å²) in [7, 11) is 0. The SMILES string of the molecule is CC(=O)N1C[C@H]2CN(Cc3ccc(C(F)(F)F)cc3)C[C@H]2[C@@H]1c1ccccc1.O=CO. The van der Waals surface area contributed by atoms with Gasteiger partial charge < -0.3 is 10.0 Å². The molecule has 0 radical (unpaired) electrons. The summed E-state index contributed by atoms with van der Waals surface area (Å²) in [5.74, 6) is 0.835. The van der Waals surface area contributed by atoms with E-state index in [2.05, 4.69) is 17.0 Å². The van der Waals surface area contributed by atoms with Crippen molar-refractivity contribution in [3.05, 3.63) is 71.3 Å². The number of hydrogen-bond acceptors (Lipinski definition) is 3. The first-order valence-electron chi connectivity index (χ1n) is 10.0. The van der Waals surface area contributed by atoms with Gasteiger partial charge in [0.15, 0.2) is 0 Å². The van der Waals surface area contributed by atoms with Crippen LogP contribution in [0.2, 0.25) is 0 Å². The largest absolute Gasteiger partial charge is 0.483 e. The quantitative estimate of drug-likeness (QED) is 0.741. The number of carbonyl (C=O) groups is 2. The fraction of sp³-hybridized carbons (Fsp3) is 0.391. The molecule has 4 rings (SSSR count). The number of halogens is 3. The summed E-state index contributed by atoms with van der Waals surface area (Å²) in [4.78, 5) is 24.8. The van der Waals surface area contributed by atoms with Gasteiger partial charge in [-0.05, 0) is 29.2 Å². The summed E-state index contributed by atoms with van der Waals surface area (Å²) in [6.07, 6.45) is -4.30. The number of alkyl halides is 3. The van der Waals surface area contributed by atoms with Gasteiger partial charge in [0, 0.05) is 39.0 Å². The number of carboxylic acid groups (broad SMARTS) is 1. The predicted octanol–water partition coefficient (Wildman–Crippen LogP) is 4.06. The predicted molar refractivity (Wildman–Crippen MR) is 109 cm³/mol. The van der Waals surface area contributed by atoms with Crippen molar-refractivity contribution in [3.8, 4) is 0 Å². The molecule has 0 bridgehead atoms. The van der Waals surface area contributed by atoms with Crippen molar-refractivity contribution in [1.82, 2.24) is 9.80 Å². The van der Waals surface area contributed by atoms with Gasteiger partial charge in [-0.25, -0.2) is 0 Å². The number of amides is 1. The molecule has 3 atom stereocenters. The maximum Gasteiger partial charge on any atom is 0.416 e. The minimum Gasteiger partial charge on any atom is -0.483 e. The number of benzene rings is 2. The van der Waals surface area contributed by atoms with E-state index in [1.165, 1.54) is 0 Å². The average molecular weight is 434 g/mol. The summed E-state index contributed by atoms with van der Waals surface area (Å²) in [6.45, 7) is 4.45. The molecule has 1 amide bonds. The lowest BCUT2D eigenvalue weighted by molar-refractivity contribution is -0.137. The van der Waals surface area contributed by atoms with Crippen molar-refractivity contribution in [2.24, 2.45) is 11.8 Å². The number of nitrogens with zero attached hydrogens (tertiary/aromatic N) is 2. The van der Waals surface area contributed by atoms with E-state index in [9.17, 15) is 18.0 Å². The molecule has 0 spiro atoms. The van der Waals surface area contributed by atoms with Crippen LogP contribution in [0.1, 0.15) is 29.7 Å². The van der Waals surface area contributed by atoms with Crippen molar-refractivity contribution in [2.45, 2.75) is 25.7 Å². The topological polar surface area (TPSA) is 60.9 Å². The summed E-state index contributed by atoms with van der Waals surface area (Å²) < 4.78 is 38.2. The minimum absolute atomic E-state index is 0.0707. The molecule has 2 aliphatic rings. The molecule has 166 valence electrons. The Kier molecular flexibility index (Phi) is 7.00. The second kappa shape index (κ2) is 9.51. The zero-order chi connectivity index (χ0) is 22.6. The maximum absolute atomic E-state index is 12.7. The van der Waals surface area contributed by atoms with E-state index in [1.807, 2.05) is 23.1 Å². The van der Waals surface area contributed by atoms with E-state index in [0.717, 1.165) is 42.9 Å². The van der Waals surface area contributed by atoms with E-state index in [1.54, 1.807) is 19.1 Å². The molecule has 2 heterocycles.